The van der Waals surface area contributed by atoms with Gasteiger partial charge in [-0.3, -0.25) is 4.79 Å². The molecule has 0 saturated carbocycles. The highest BCUT2D eigenvalue weighted by atomic mass is 35.5. The van der Waals surface area contributed by atoms with Gasteiger partial charge in [-0.25, -0.2) is 5.01 Å². The second-order valence-corrected chi connectivity index (χ2v) is 6.72. The fraction of sp³-hybridized carbons (Fsp3) is 0.263. The molecule has 2 aromatic carbocycles. The molecule has 1 aliphatic heterocycles. The molecule has 5 nitrogen and oxygen atoms in total. The maximum atomic E-state index is 12.1. The highest BCUT2D eigenvalue weighted by Crippen LogP contribution is 2.27. The number of rotatable bonds is 2. The van der Waals surface area contributed by atoms with E-state index in [2.05, 4.69) is 5.10 Å². The van der Waals surface area contributed by atoms with Gasteiger partial charge < -0.3 is 11.5 Å². The van der Waals surface area contributed by atoms with Gasteiger partial charge in [-0.2, -0.15) is 5.10 Å². The van der Waals surface area contributed by atoms with Crippen LogP contribution in [0.15, 0.2) is 41.5 Å². The predicted octanol–water partition coefficient (Wildman–Crippen LogP) is 2.93. The zero-order valence-electron chi connectivity index (χ0n) is 14.3. The van der Waals surface area contributed by atoms with Crippen LogP contribution in [0.3, 0.4) is 0 Å². The third kappa shape index (κ3) is 3.38. The van der Waals surface area contributed by atoms with Crippen molar-refractivity contribution in [1.29, 1.82) is 0 Å². The van der Waals surface area contributed by atoms with E-state index in [4.69, 9.17) is 23.1 Å². The van der Waals surface area contributed by atoms with Crippen molar-refractivity contribution in [3.8, 4) is 0 Å². The second kappa shape index (κ2) is 6.86. The Kier molecular flexibility index (Phi) is 4.79. The number of nitrogens with zero attached hydrogens (tertiary/aromatic N) is 2. The van der Waals surface area contributed by atoms with Gasteiger partial charge in [-0.1, -0.05) is 23.7 Å². The van der Waals surface area contributed by atoms with Crippen molar-refractivity contribution < 1.29 is 4.79 Å². The van der Waals surface area contributed by atoms with Gasteiger partial charge >= 0.3 is 0 Å². The summed E-state index contributed by atoms with van der Waals surface area (Å²) in [6.07, 6.45) is 0.706. The molecule has 0 radical (unpaired) electrons. The lowest BCUT2D eigenvalue weighted by Gasteiger charge is -2.21. The third-order valence-corrected chi connectivity index (χ3v) is 4.66. The molecule has 0 fully saturated rings. The van der Waals surface area contributed by atoms with Crippen LogP contribution in [-0.4, -0.2) is 22.7 Å². The van der Waals surface area contributed by atoms with Crippen LogP contribution in [0.2, 0.25) is 5.02 Å². The number of carbonyl (C=O) groups is 1. The Balaban J connectivity index is 2.24. The van der Waals surface area contributed by atoms with Crippen molar-refractivity contribution in [2.45, 2.75) is 32.9 Å². The summed E-state index contributed by atoms with van der Waals surface area (Å²) in [7, 11) is 0. The molecular formula is C19H21ClN4O. The topological polar surface area (TPSA) is 84.7 Å². The van der Waals surface area contributed by atoms with Crippen LogP contribution < -0.4 is 11.5 Å². The quantitative estimate of drug-likeness (QED) is 0.811. The molecule has 4 N–H and O–H groups in total. The summed E-state index contributed by atoms with van der Waals surface area (Å²) >= 11 is 6.23. The number of anilines is 1. The van der Waals surface area contributed by atoms with Gasteiger partial charge in [0.1, 0.15) is 0 Å². The fourth-order valence-corrected chi connectivity index (χ4v) is 3.31. The van der Waals surface area contributed by atoms with Gasteiger partial charge in [0.25, 0.3) is 0 Å². The zero-order chi connectivity index (χ0) is 18.1. The zero-order valence-corrected chi connectivity index (χ0v) is 15.0. The van der Waals surface area contributed by atoms with E-state index in [1.807, 2.05) is 43.3 Å². The van der Waals surface area contributed by atoms with Gasteiger partial charge in [0, 0.05) is 35.3 Å². The highest BCUT2D eigenvalue weighted by molar-refractivity contribution is 6.31. The fourth-order valence-electron chi connectivity index (χ4n) is 3.14. The van der Waals surface area contributed by atoms with Crippen molar-refractivity contribution in [3.05, 3.63) is 63.7 Å². The van der Waals surface area contributed by atoms with E-state index in [1.54, 1.807) is 0 Å². The first-order valence-electron chi connectivity index (χ1n) is 8.16. The Morgan fingerprint density at radius 1 is 1.32 bits per heavy atom. The Morgan fingerprint density at radius 2 is 2.08 bits per heavy atom. The molecule has 0 bridgehead atoms. The van der Waals surface area contributed by atoms with Crippen LogP contribution in [0.1, 0.15) is 36.1 Å². The van der Waals surface area contributed by atoms with Gasteiger partial charge in [-0.05, 0) is 48.7 Å². The molecule has 1 amide bonds. The van der Waals surface area contributed by atoms with E-state index in [0.29, 0.717) is 29.4 Å². The van der Waals surface area contributed by atoms with Gasteiger partial charge in [-0.15, -0.1) is 0 Å². The van der Waals surface area contributed by atoms with Crippen molar-refractivity contribution in [2.24, 2.45) is 10.8 Å². The number of carbonyl (C=O) groups excluding carboxylic acids is 1. The minimum absolute atomic E-state index is 0.0438. The minimum Gasteiger partial charge on any atom is -0.398 e. The number of benzene rings is 2. The summed E-state index contributed by atoms with van der Waals surface area (Å²) in [5.41, 5.74) is 16.8. The number of hydrazone groups is 1. The predicted molar refractivity (Wildman–Crippen MR) is 102 cm³/mol. The van der Waals surface area contributed by atoms with Crippen molar-refractivity contribution >= 4 is 28.9 Å². The summed E-state index contributed by atoms with van der Waals surface area (Å²) in [4.78, 5) is 12.1. The Morgan fingerprint density at radius 3 is 2.76 bits per heavy atom. The third-order valence-electron chi connectivity index (χ3n) is 4.43. The lowest BCUT2D eigenvalue weighted by molar-refractivity contribution is -0.130. The van der Waals surface area contributed by atoms with E-state index in [9.17, 15) is 4.79 Å². The first-order chi connectivity index (χ1) is 11.9. The maximum Gasteiger partial charge on any atom is 0.239 e. The van der Waals surface area contributed by atoms with Crippen LogP contribution in [-0.2, 0) is 17.8 Å². The van der Waals surface area contributed by atoms with Crippen LogP contribution in [0, 0.1) is 0 Å². The Hall–Kier alpha value is -2.37. The summed E-state index contributed by atoms with van der Waals surface area (Å²) in [6, 6.07) is 11.3. The highest BCUT2D eigenvalue weighted by Gasteiger charge is 2.25. The minimum atomic E-state index is -0.0987. The van der Waals surface area contributed by atoms with E-state index in [-0.39, 0.29) is 11.9 Å². The molecule has 25 heavy (non-hydrogen) atoms. The molecule has 0 aliphatic carbocycles. The van der Waals surface area contributed by atoms with Crippen LogP contribution in [0.5, 0.6) is 0 Å². The smallest absolute Gasteiger partial charge is 0.239 e. The molecule has 1 unspecified atom stereocenters. The number of fused-ring (bicyclic) bond motifs is 1. The van der Waals surface area contributed by atoms with Crippen LogP contribution >= 0.6 is 11.6 Å². The molecule has 3 rings (SSSR count). The monoisotopic (exact) mass is 356 g/mol. The molecule has 1 heterocycles. The average Bonchev–Trinajstić information content (AvgIpc) is 2.71. The molecule has 2 aromatic rings. The van der Waals surface area contributed by atoms with E-state index >= 15 is 0 Å². The standard InChI is InChI=1S/C19H21ClN4O/c1-11-7-13-3-5-16(20)9-17(13)19(23-24(11)12(2)25)14-4-6-18(22)15(8-14)10-21/h3-6,8-9,11H,7,10,21-22H2,1-2H3. The summed E-state index contributed by atoms with van der Waals surface area (Å²) in [5.74, 6) is -0.0987. The number of hydrogen-bond acceptors (Lipinski definition) is 4. The summed E-state index contributed by atoms with van der Waals surface area (Å²) in [6.45, 7) is 3.84. The average molecular weight is 357 g/mol. The molecule has 0 saturated heterocycles. The lowest BCUT2D eigenvalue weighted by Crippen LogP contribution is -2.33. The van der Waals surface area contributed by atoms with E-state index < -0.39 is 0 Å². The molecule has 130 valence electrons. The van der Waals surface area contributed by atoms with Crippen LogP contribution in [0.25, 0.3) is 0 Å². The van der Waals surface area contributed by atoms with Gasteiger partial charge in [0.15, 0.2) is 0 Å². The number of nitrogens with two attached hydrogens (primary N) is 2. The molecule has 1 aliphatic rings. The Bertz CT molecular complexity index is 862. The molecule has 6 heteroatoms. The van der Waals surface area contributed by atoms with Crippen molar-refractivity contribution in [2.75, 3.05) is 5.73 Å². The first-order valence-corrected chi connectivity index (χ1v) is 8.54. The number of halogens is 1. The SMILES string of the molecule is CC(=O)N1N=C(c2ccc(N)c(CN)c2)c2cc(Cl)ccc2CC1C. The van der Waals surface area contributed by atoms with Crippen LogP contribution in [0.4, 0.5) is 5.69 Å². The van der Waals surface area contributed by atoms with Gasteiger partial charge in [0.05, 0.1) is 11.8 Å². The number of hydrogen-bond donors (Lipinski definition) is 2. The number of nitrogen functional groups attached to an aromatic ring is 1. The molecule has 0 aromatic heterocycles. The van der Waals surface area contributed by atoms with E-state index in [0.717, 1.165) is 22.3 Å². The maximum absolute atomic E-state index is 12.1. The van der Waals surface area contributed by atoms with Crippen molar-refractivity contribution in [1.82, 2.24) is 5.01 Å². The largest absolute Gasteiger partial charge is 0.398 e. The molecule has 1 atom stereocenters. The second-order valence-electron chi connectivity index (χ2n) is 6.28. The van der Waals surface area contributed by atoms with Crippen molar-refractivity contribution in [3.63, 3.8) is 0 Å². The van der Waals surface area contributed by atoms with Gasteiger partial charge in [0.2, 0.25) is 5.91 Å². The summed E-state index contributed by atoms with van der Waals surface area (Å²) in [5, 5.41) is 6.83. The first kappa shape index (κ1) is 17.5. The van der Waals surface area contributed by atoms with E-state index in [1.165, 1.54) is 11.9 Å². The molecule has 0 spiro atoms. The number of amides is 1. The normalized spacial score (nSPS) is 16.9. The molecular weight excluding hydrogens is 336 g/mol. The lowest BCUT2D eigenvalue weighted by atomic mass is 9.93. The summed E-state index contributed by atoms with van der Waals surface area (Å²) < 4.78 is 0. The Labute approximate surface area is 152 Å².